The number of ether oxygens (including phenoxy) is 1. The second-order valence-electron chi connectivity index (χ2n) is 6.18. The standard InChI is InChI=1S/C14H25NO3/c1-5-11(16)10-14(8-6-7-9-14)15-12(17)18-13(2,3)4/h5-10H2,1-4H3,(H,15,17). The van der Waals surface area contributed by atoms with Gasteiger partial charge in [-0.05, 0) is 33.6 Å². The van der Waals surface area contributed by atoms with Crippen LogP contribution in [-0.4, -0.2) is 23.0 Å². The van der Waals surface area contributed by atoms with Crippen molar-refractivity contribution in [3.63, 3.8) is 0 Å². The van der Waals surface area contributed by atoms with Crippen LogP contribution in [0.3, 0.4) is 0 Å². The lowest BCUT2D eigenvalue weighted by atomic mass is 9.90. The molecule has 1 N–H and O–H groups in total. The smallest absolute Gasteiger partial charge is 0.408 e. The van der Waals surface area contributed by atoms with Crippen molar-refractivity contribution in [1.29, 1.82) is 0 Å². The molecule has 1 fully saturated rings. The number of Topliss-reactive ketones (excluding diaryl/α,β-unsaturated/α-hetero) is 1. The maximum Gasteiger partial charge on any atom is 0.408 e. The molecule has 0 aliphatic heterocycles. The SMILES string of the molecule is CCC(=O)CC1(NC(=O)OC(C)(C)C)CCCC1. The van der Waals surface area contributed by atoms with Gasteiger partial charge in [-0.3, -0.25) is 4.79 Å². The van der Waals surface area contributed by atoms with Gasteiger partial charge in [0.25, 0.3) is 0 Å². The third-order valence-corrected chi connectivity index (χ3v) is 3.26. The third kappa shape index (κ3) is 4.67. The molecule has 1 amide bonds. The highest BCUT2D eigenvalue weighted by Gasteiger charge is 2.37. The minimum Gasteiger partial charge on any atom is -0.444 e. The fourth-order valence-electron chi connectivity index (χ4n) is 2.42. The number of hydrogen-bond acceptors (Lipinski definition) is 3. The van der Waals surface area contributed by atoms with Crippen LogP contribution < -0.4 is 5.32 Å². The van der Waals surface area contributed by atoms with E-state index in [1.165, 1.54) is 0 Å². The summed E-state index contributed by atoms with van der Waals surface area (Å²) >= 11 is 0. The van der Waals surface area contributed by atoms with Crippen molar-refractivity contribution in [2.75, 3.05) is 0 Å². The Hall–Kier alpha value is -1.06. The summed E-state index contributed by atoms with van der Waals surface area (Å²) in [6.45, 7) is 7.37. The van der Waals surface area contributed by atoms with E-state index in [-0.39, 0.29) is 11.3 Å². The molecule has 0 aromatic heterocycles. The Bertz CT molecular complexity index is 311. The Balaban J connectivity index is 2.63. The first-order chi connectivity index (χ1) is 8.26. The first-order valence-electron chi connectivity index (χ1n) is 6.79. The number of nitrogens with one attached hydrogen (secondary N) is 1. The predicted octanol–water partition coefficient (Wildman–Crippen LogP) is 3.19. The van der Waals surface area contributed by atoms with E-state index in [4.69, 9.17) is 4.74 Å². The zero-order valence-electron chi connectivity index (χ0n) is 12.0. The Kier molecular flexibility index (Phi) is 4.77. The first kappa shape index (κ1) is 15.0. The highest BCUT2D eigenvalue weighted by Crippen LogP contribution is 2.33. The highest BCUT2D eigenvalue weighted by molar-refractivity contribution is 5.80. The molecule has 0 atom stereocenters. The van der Waals surface area contributed by atoms with Crippen molar-refractivity contribution in [1.82, 2.24) is 5.32 Å². The number of amides is 1. The van der Waals surface area contributed by atoms with Gasteiger partial charge in [-0.2, -0.15) is 0 Å². The molecule has 1 rings (SSSR count). The van der Waals surface area contributed by atoms with E-state index in [2.05, 4.69) is 5.32 Å². The van der Waals surface area contributed by atoms with Crippen LogP contribution in [0.5, 0.6) is 0 Å². The molecule has 0 aromatic carbocycles. The topological polar surface area (TPSA) is 55.4 Å². The summed E-state index contributed by atoms with van der Waals surface area (Å²) < 4.78 is 5.28. The number of carbonyl (C=O) groups excluding carboxylic acids is 2. The number of carbonyl (C=O) groups is 2. The van der Waals surface area contributed by atoms with Gasteiger partial charge in [0.05, 0.1) is 5.54 Å². The van der Waals surface area contributed by atoms with Gasteiger partial charge in [0.2, 0.25) is 0 Å². The fourth-order valence-corrected chi connectivity index (χ4v) is 2.42. The Morgan fingerprint density at radius 3 is 2.22 bits per heavy atom. The van der Waals surface area contributed by atoms with Gasteiger partial charge < -0.3 is 10.1 Å². The monoisotopic (exact) mass is 255 g/mol. The zero-order chi connectivity index (χ0) is 13.8. The maximum atomic E-state index is 11.8. The van der Waals surface area contributed by atoms with E-state index < -0.39 is 11.7 Å². The number of alkyl carbamates (subject to hydrolysis) is 1. The summed E-state index contributed by atoms with van der Waals surface area (Å²) in [5.41, 5.74) is -0.867. The molecular weight excluding hydrogens is 230 g/mol. The van der Waals surface area contributed by atoms with Crippen LogP contribution >= 0.6 is 0 Å². The molecule has 0 bridgehead atoms. The number of rotatable bonds is 4. The summed E-state index contributed by atoms with van der Waals surface area (Å²) in [5, 5.41) is 2.93. The van der Waals surface area contributed by atoms with Crippen LogP contribution in [0.2, 0.25) is 0 Å². The van der Waals surface area contributed by atoms with Crippen LogP contribution in [0.25, 0.3) is 0 Å². The van der Waals surface area contributed by atoms with Gasteiger partial charge in [0.1, 0.15) is 11.4 Å². The van der Waals surface area contributed by atoms with Crippen LogP contribution in [0.4, 0.5) is 4.79 Å². The molecule has 1 aliphatic carbocycles. The molecule has 0 aromatic rings. The molecule has 0 radical (unpaired) electrons. The Morgan fingerprint density at radius 1 is 1.22 bits per heavy atom. The van der Waals surface area contributed by atoms with E-state index in [9.17, 15) is 9.59 Å². The molecular formula is C14H25NO3. The second kappa shape index (κ2) is 5.72. The quantitative estimate of drug-likeness (QED) is 0.839. The molecule has 0 heterocycles. The van der Waals surface area contributed by atoms with Gasteiger partial charge >= 0.3 is 6.09 Å². The van der Waals surface area contributed by atoms with Crippen molar-refractivity contribution < 1.29 is 14.3 Å². The molecule has 0 saturated heterocycles. The molecule has 104 valence electrons. The predicted molar refractivity (Wildman–Crippen MR) is 70.5 cm³/mol. The molecule has 18 heavy (non-hydrogen) atoms. The van der Waals surface area contributed by atoms with E-state index in [1.54, 1.807) is 0 Å². The minimum absolute atomic E-state index is 0.202. The van der Waals surface area contributed by atoms with E-state index in [0.717, 1.165) is 25.7 Å². The molecule has 4 nitrogen and oxygen atoms in total. The highest BCUT2D eigenvalue weighted by atomic mass is 16.6. The normalized spacial score (nSPS) is 18.4. The van der Waals surface area contributed by atoms with Crippen molar-refractivity contribution in [3.05, 3.63) is 0 Å². The molecule has 1 aliphatic rings. The van der Waals surface area contributed by atoms with Gasteiger partial charge in [-0.15, -0.1) is 0 Å². The third-order valence-electron chi connectivity index (χ3n) is 3.26. The molecule has 4 heteroatoms. The van der Waals surface area contributed by atoms with E-state index in [0.29, 0.717) is 12.8 Å². The lowest BCUT2D eigenvalue weighted by molar-refractivity contribution is -0.120. The lowest BCUT2D eigenvalue weighted by Crippen LogP contribution is -2.49. The summed E-state index contributed by atoms with van der Waals surface area (Å²) in [4.78, 5) is 23.5. The first-order valence-corrected chi connectivity index (χ1v) is 6.79. The summed E-state index contributed by atoms with van der Waals surface area (Å²) in [7, 11) is 0. The largest absolute Gasteiger partial charge is 0.444 e. The van der Waals surface area contributed by atoms with E-state index in [1.807, 2.05) is 27.7 Å². The minimum atomic E-state index is -0.501. The lowest BCUT2D eigenvalue weighted by Gasteiger charge is -2.31. The van der Waals surface area contributed by atoms with Gasteiger partial charge in [0.15, 0.2) is 0 Å². The fraction of sp³-hybridized carbons (Fsp3) is 0.857. The van der Waals surface area contributed by atoms with Crippen molar-refractivity contribution in [2.45, 2.75) is 77.4 Å². The average molecular weight is 255 g/mol. The molecule has 0 spiro atoms. The zero-order valence-corrected chi connectivity index (χ0v) is 12.0. The van der Waals surface area contributed by atoms with E-state index >= 15 is 0 Å². The van der Waals surface area contributed by atoms with Crippen molar-refractivity contribution >= 4 is 11.9 Å². The number of ketones is 1. The Morgan fingerprint density at radius 2 is 1.78 bits per heavy atom. The average Bonchev–Trinajstić information content (AvgIpc) is 2.62. The molecule has 1 saturated carbocycles. The van der Waals surface area contributed by atoms with Gasteiger partial charge in [-0.1, -0.05) is 19.8 Å². The van der Waals surface area contributed by atoms with Crippen LogP contribution in [-0.2, 0) is 9.53 Å². The van der Waals surface area contributed by atoms with Gasteiger partial charge in [-0.25, -0.2) is 4.79 Å². The summed E-state index contributed by atoms with van der Waals surface area (Å²) in [6, 6.07) is 0. The van der Waals surface area contributed by atoms with Gasteiger partial charge in [0, 0.05) is 12.8 Å². The van der Waals surface area contributed by atoms with Crippen LogP contribution in [0.15, 0.2) is 0 Å². The summed E-state index contributed by atoms with van der Waals surface area (Å²) in [6.07, 6.45) is 4.42. The molecule has 0 unspecified atom stereocenters. The second-order valence-corrected chi connectivity index (χ2v) is 6.18. The van der Waals surface area contributed by atoms with Crippen molar-refractivity contribution in [2.24, 2.45) is 0 Å². The maximum absolute atomic E-state index is 11.8. The van der Waals surface area contributed by atoms with Crippen LogP contribution in [0.1, 0.15) is 66.2 Å². The van der Waals surface area contributed by atoms with Crippen molar-refractivity contribution in [3.8, 4) is 0 Å². The summed E-state index contributed by atoms with van der Waals surface area (Å²) in [5.74, 6) is 0.202. The Labute approximate surface area is 109 Å². The van der Waals surface area contributed by atoms with Crippen LogP contribution in [0, 0.1) is 0 Å². The number of hydrogen-bond donors (Lipinski definition) is 1.